The van der Waals surface area contributed by atoms with Gasteiger partial charge in [-0.3, -0.25) is 0 Å². The molecule has 76 valence electrons. The van der Waals surface area contributed by atoms with Gasteiger partial charge in [-0.25, -0.2) is 4.79 Å². The zero-order chi connectivity index (χ0) is 11.0. The van der Waals surface area contributed by atoms with E-state index in [1.165, 1.54) is 18.2 Å². The molecule has 0 radical (unpaired) electrons. The van der Waals surface area contributed by atoms with Gasteiger partial charge in [-0.05, 0) is 11.5 Å². The third-order valence-electron chi connectivity index (χ3n) is 2.13. The van der Waals surface area contributed by atoms with Gasteiger partial charge in [0.2, 0.25) is 0 Å². The normalized spacial score (nSPS) is 10.5. The predicted molar refractivity (Wildman–Crippen MR) is 53.0 cm³/mol. The van der Waals surface area contributed by atoms with Crippen molar-refractivity contribution in [2.45, 2.75) is 0 Å². The fraction of sp³-hybridized carbons (Fsp3) is 0. The first-order valence-corrected chi connectivity index (χ1v) is 4.20. The van der Waals surface area contributed by atoms with Crippen molar-refractivity contribution < 1.29 is 24.4 Å². The topological polar surface area (TPSA) is 90.9 Å². The van der Waals surface area contributed by atoms with Crippen LogP contribution in [0.3, 0.4) is 0 Å². The fourth-order valence-electron chi connectivity index (χ4n) is 1.37. The molecule has 0 unspecified atom stereocenters. The maximum Gasteiger partial charge on any atom is 0.488 e. The molecule has 6 heteroatoms. The summed E-state index contributed by atoms with van der Waals surface area (Å²) in [6, 6.07) is 4.32. The van der Waals surface area contributed by atoms with Crippen molar-refractivity contribution in [1.82, 2.24) is 0 Å². The summed E-state index contributed by atoms with van der Waals surface area (Å²) < 4.78 is 5.00. The lowest BCUT2D eigenvalue weighted by Gasteiger charge is -1.97. The van der Waals surface area contributed by atoms with Crippen molar-refractivity contribution in [2.24, 2.45) is 0 Å². The van der Waals surface area contributed by atoms with Gasteiger partial charge in [0.05, 0.1) is 0 Å². The molecule has 0 fully saturated rings. The molecule has 0 spiro atoms. The summed E-state index contributed by atoms with van der Waals surface area (Å²) >= 11 is 0. The van der Waals surface area contributed by atoms with E-state index in [0.717, 1.165) is 6.26 Å². The molecule has 2 aromatic rings. The lowest BCUT2D eigenvalue weighted by atomic mass is 9.80. The van der Waals surface area contributed by atoms with E-state index in [2.05, 4.69) is 0 Å². The minimum absolute atomic E-state index is 0.0592. The van der Waals surface area contributed by atoms with Gasteiger partial charge in [0.25, 0.3) is 0 Å². The van der Waals surface area contributed by atoms with Crippen molar-refractivity contribution in [1.29, 1.82) is 0 Å². The summed E-state index contributed by atoms with van der Waals surface area (Å²) in [5, 5.41) is 27.0. The summed E-state index contributed by atoms with van der Waals surface area (Å²) in [4.78, 5) is 10.7. The first-order valence-electron chi connectivity index (χ1n) is 4.20. The van der Waals surface area contributed by atoms with Crippen LogP contribution in [0.4, 0.5) is 0 Å². The standard InChI is InChI=1S/C9H7BO5/c11-9(12)7-4-15-8-3-5(10(13)14)1-2-6(7)8/h1-4,13-14H,(H,11,12). The highest BCUT2D eigenvalue weighted by Gasteiger charge is 2.16. The molecular formula is C9H7BO5. The van der Waals surface area contributed by atoms with Gasteiger partial charge in [0, 0.05) is 5.39 Å². The van der Waals surface area contributed by atoms with Crippen LogP contribution in [0.2, 0.25) is 0 Å². The third-order valence-corrected chi connectivity index (χ3v) is 2.13. The Kier molecular flexibility index (Phi) is 2.22. The molecule has 1 aromatic carbocycles. The lowest BCUT2D eigenvalue weighted by molar-refractivity contribution is 0.0698. The Labute approximate surface area is 84.7 Å². The van der Waals surface area contributed by atoms with Crippen LogP contribution in [-0.2, 0) is 0 Å². The highest BCUT2D eigenvalue weighted by molar-refractivity contribution is 6.58. The van der Waals surface area contributed by atoms with Gasteiger partial charge >= 0.3 is 13.1 Å². The molecular weight excluding hydrogens is 199 g/mol. The van der Waals surface area contributed by atoms with Gasteiger partial charge in [-0.15, -0.1) is 0 Å². The largest absolute Gasteiger partial charge is 0.488 e. The van der Waals surface area contributed by atoms with Crippen molar-refractivity contribution in [3.63, 3.8) is 0 Å². The Morgan fingerprint density at radius 2 is 2.07 bits per heavy atom. The second-order valence-electron chi connectivity index (χ2n) is 3.08. The van der Waals surface area contributed by atoms with Crippen molar-refractivity contribution in [3.8, 4) is 0 Å². The van der Waals surface area contributed by atoms with Gasteiger partial charge in [0.15, 0.2) is 0 Å². The van der Waals surface area contributed by atoms with Crippen molar-refractivity contribution in [3.05, 3.63) is 30.0 Å². The number of carboxylic acids is 1. The molecule has 0 aliphatic rings. The van der Waals surface area contributed by atoms with E-state index in [1.807, 2.05) is 0 Å². The van der Waals surface area contributed by atoms with Gasteiger partial charge < -0.3 is 19.6 Å². The first-order chi connectivity index (χ1) is 7.09. The van der Waals surface area contributed by atoms with E-state index in [4.69, 9.17) is 19.6 Å². The van der Waals surface area contributed by atoms with Crippen LogP contribution < -0.4 is 5.46 Å². The van der Waals surface area contributed by atoms with Crippen LogP contribution in [0.5, 0.6) is 0 Å². The van der Waals surface area contributed by atoms with Crippen LogP contribution in [-0.4, -0.2) is 28.2 Å². The fourth-order valence-corrected chi connectivity index (χ4v) is 1.37. The number of carboxylic acid groups (broad SMARTS) is 1. The van der Waals surface area contributed by atoms with Crippen LogP contribution in [0.1, 0.15) is 10.4 Å². The zero-order valence-electron chi connectivity index (χ0n) is 7.54. The van der Waals surface area contributed by atoms with Crippen LogP contribution in [0.25, 0.3) is 11.0 Å². The number of hydrogen-bond acceptors (Lipinski definition) is 4. The zero-order valence-corrected chi connectivity index (χ0v) is 7.54. The summed E-state index contributed by atoms with van der Waals surface area (Å²) in [5.41, 5.74) is 0.635. The van der Waals surface area contributed by atoms with E-state index in [-0.39, 0.29) is 11.0 Å². The van der Waals surface area contributed by atoms with Crippen LogP contribution in [0.15, 0.2) is 28.9 Å². The van der Waals surface area contributed by atoms with E-state index < -0.39 is 13.1 Å². The number of benzene rings is 1. The van der Waals surface area contributed by atoms with E-state index in [1.54, 1.807) is 0 Å². The number of carbonyl (C=O) groups is 1. The quantitative estimate of drug-likeness (QED) is 0.592. The maximum absolute atomic E-state index is 10.7. The predicted octanol–water partition coefficient (Wildman–Crippen LogP) is -0.189. The summed E-state index contributed by atoms with van der Waals surface area (Å²) in [6.45, 7) is 0. The maximum atomic E-state index is 10.7. The molecule has 15 heavy (non-hydrogen) atoms. The number of furan rings is 1. The van der Waals surface area contributed by atoms with Crippen molar-refractivity contribution >= 4 is 29.5 Å². The lowest BCUT2D eigenvalue weighted by Crippen LogP contribution is -2.29. The Balaban J connectivity index is 2.61. The molecule has 0 saturated carbocycles. The highest BCUT2D eigenvalue weighted by Crippen LogP contribution is 2.19. The number of hydrogen-bond donors (Lipinski definition) is 3. The molecule has 0 aliphatic carbocycles. The Bertz CT molecular complexity index is 516. The van der Waals surface area contributed by atoms with Gasteiger partial charge in [-0.1, -0.05) is 12.1 Å². The molecule has 0 bridgehead atoms. The molecule has 1 heterocycles. The average molecular weight is 206 g/mol. The van der Waals surface area contributed by atoms with Crippen LogP contribution >= 0.6 is 0 Å². The summed E-state index contributed by atoms with van der Waals surface area (Å²) in [6.07, 6.45) is 1.13. The van der Waals surface area contributed by atoms with E-state index in [9.17, 15) is 4.79 Å². The highest BCUT2D eigenvalue weighted by atomic mass is 16.4. The molecule has 3 N–H and O–H groups in total. The van der Waals surface area contributed by atoms with E-state index in [0.29, 0.717) is 11.0 Å². The minimum Gasteiger partial charge on any atom is -0.478 e. The second-order valence-corrected chi connectivity index (χ2v) is 3.08. The summed E-state index contributed by atoms with van der Waals surface area (Å²) in [7, 11) is -1.59. The van der Waals surface area contributed by atoms with Gasteiger partial charge in [-0.2, -0.15) is 0 Å². The number of fused-ring (bicyclic) bond motifs is 1. The van der Waals surface area contributed by atoms with Crippen LogP contribution in [0, 0.1) is 0 Å². The SMILES string of the molecule is O=C(O)c1coc2cc(B(O)O)ccc12. The second kappa shape index (κ2) is 3.41. The number of rotatable bonds is 2. The summed E-state index contributed by atoms with van der Waals surface area (Å²) in [5.74, 6) is -1.08. The molecule has 0 aliphatic heterocycles. The minimum atomic E-state index is -1.59. The molecule has 0 atom stereocenters. The molecule has 0 amide bonds. The Hall–Kier alpha value is -1.79. The van der Waals surface area contributed by atoms with Crippen molar-refractivity contribution in [2.75, 3.05) is 0 Å². The molecule has 0 saturated heterocycles. The molecule has 2 rings (SSSR count). The van der Waals surface area contributed by atoms with E-state index >= 15 is 0 Å². The third kappa shape index (κ3) is 1.60. The number of aromatic carboxylic acids is 1. The average Bonchev–Trinajstić information content (AvgIpc) is 2.59. The monoisotopic (exact) mass is 206 g/mol. The first kappa shape index (κ1) is 9.76. The molecule has 1 aromatic heterocycles. The Morgan fingerprint density at radius 1 is 1.33 bits per heavy atom. The van der Waals surface area contributed by atoms with Gasteiger partial charge in [0.1, 0.15) is 17.4 Å². The molecule has 5 nitrogen and oxygen atoms in total. The smallest absolute Gasteiger partial charge is 0.478 e. The Morgan fingerprint density at radius 3 is 2.67 bits per heavy atom.